The number of nitrogens with one attached hydrogen (secondary N) is 7. The number of aryl methyl sites for hydroxylation is 2. The second kappa shape index (κ2) is 50.6. The third-order valence-electron chi connectivity index (χ3n) is 27.5. The zero-order valence-corrected chi connectivity index (χ0v) is 85.2. The van der Waals surface area contributed by atoms with Gasteiger partial charge in [0, 0.05) is 143 Å². The molecule has 7 aliphatic carbocycles. The predicted molar refractivity (Wildman–Crippen MR) is 556 cm³/mol. The quantitative estimate of drug-likeness (QED) is 0.0161. The number of ether oxygens (including phenoxy) is 2. The van der Waals surface area contributed by atoms with Crippen molar-refractivity contribution in [1.82, 2.24) is 54.8 Å². The van der Waals surface area contributed by atoms with Crippen LogP contribution in [-0.4, -0.2) is 194 Å². The average molecular weight is 1970 g/mol. The molecule has 143 heavy (non-hydrogen) atoms. The van der Waals surface area contributed by atoms with Gasteiger partial charge in [-0.3, -0.25) is 43.8 Å². The fourth-order valence-electron chi connectivity index (χ4n) is 18.5. The summed E-state index contributed by atoms with van der Waals surface area (Å²) < 4.78 is 38.0. The normalized spacial score (nSPS) is 16.3. The van der Waals surface area contributed by atoms with E-state index < -0.39 is 33.1 Å². The van der Waals surface area contributed by atoms with Crippen LogP contribution in [0.4, 0.5) is 51.7 Å². The van der Waals surface area contributed by atoms with E-state index in [1.807, 2.05) is 73.7 Å². The maximum absolute atomic E-state index is 13.1. The van der Waals surface area contributed by atoms with Gasteiger partial charge < -0.3 is 65.9 Å². The Hall–Kier alpha value is -12.5. The summed E-state index contributed by atoms with van der Waals surface area (Å²) in [5.74, 6) is 3.42. The van der Waals surface area contributed by atoms with Crippen molar-refractivity contribution in [3.63, 3.8) is 0 Å². The van der Waals surface area contributed by atoms with Gasteiger partial charge >= 0.3 is 17.9 Å². The number of amides is 4. The van der Waals surface area contributed by atoms with Crippen LogP contribution in [-0.2, 0) is 60.1 Å². The van der Waals surface area contributed by atoms with Crippen molar-refractivity contribution in [3.05, 3.63) is 215 Å². The Morgan fingerprint density at radius 2 is 0.846 bits per heavy atom. The van der Waals surface area contributed by atoms with E-state index in [9.17, 15) is 47.1 Å². The Balaban J connectivity index is 0.000000153. The summed E-state index contributed by atoms with van der Waals surface area (Å²) in [5.41, 5.74) is 9.18. The van der Waals surface area contributed by atoms with Crippen LogP contribution in [0.2, 0.25) is 0 Å². The Labute approximate surface area is 841 Å². The Morgan fingerprint density at radius 3 is 1.25 bits per heavy atom. The fraction of sp³-hybridized carbons (Fsp3) is 0.514. The molecule has 4 aromatic heterocycles. The van der Waals surface area contributed by atoms with E-state index in [4.69, 9.17) is 14.6 Å². The molecule has 0 unspecified atom stereocenters. The SMILES string of the molecule is CCCN(CC1CC1)c1cc(C(=O)Nc2ccc(CO)cc2C)ncn1.COC(=O)C(C)(C)NCc1ccc(NC(=O)c2cc(N(CC3CC3)C3CCCCC3)ncn2)cc1.Cc1cc(S(=O)(=O)NCCC(=O)OC(C)(C)C)ccc1NC(=O)c1cc(N(CC2CC2)C2CCCCC2)ncn1.O=C(Nc1ccc(CNc2ccc(CN3CC(C(=O)O)C3)cc2)cc1)c1cc(N(CC2CC2)C2CCCCC2)ncn1. The van der Waals surface area contributed by atoms with Crippen LogP contribution in [0.25, 0.3) is 0 Å². The van der Waals surface area contributed by atoms with Gasteiger partial charge in [0.2, 0.25) is 10.0 Å². The van der Waals surface area contributed by atoms with Crippen molar-refractivity contribution >= 4 is 103 Å². The molecule has 9 aromatic rings. The number of rotatable bonds is 41. The molecule has 17 rings (SSSR count). The van der Waals surface area contributed by atoms with E-state index >= 15 is 0 Å². The predicted octanol–water partition coefficient (Wildman–Crippen LogP) is 17.5. The standard InChI is InChI=1S/C33H40N6O3.C29H41N5O5S.C27H37N5O3.C20H26N4O2/c40-32(30-16-31(36-22-35-30)39(19-25-6-7-25)29-4-2-1-3-5-29)37-28-14-8-23(9-15-28)17-34-27-12-10-24(11-13-27)18-38-20-26(21-38)33(41)42;1-20-16-23(40(37,38)32-15-14-27(35)39-29(2,3)4)12-13-24(20)33-28(36)25-17-26(31-19-30-25)34(18-21-10-11-21)22-8-6-5-7-9-22;1-27(2,26(34)35-3)30-16-19-11-13-21(14-12-19)31-25(33)23-15-24(29-18-28-23)32(17-20-9-10-20)22-7-5-4-6-8-22;1-3-8-24(11-15-4-5-15)19-10-18(21-13-22-19)20(26)23-17-7-6-16(12-25)9-14(17)2/h8-16,22,25-26,29,34H,1-7,17-21H2,(H,37,40)(H,41,42);12-13,16-17,19,21-22,32H,5-11,14-15,18H2,1-4H3,(H,33,36);11-15,18,20,22,30H,4-10,16-17H2,1-3H3,(H,31,33);6-7,9-10,13,15,25H,3-5,8,11-12H2,1-2H3,(H,23,26). The minimum absolute atomic E-state index is 0.0153. The second-order valence-corrected chi connectivity index (χ2v) is 42.8. The van der Waals surface area contributed by atoms with Crippen molar-refractivity contribution in [3.8, 4) is 0 Å². The zero-order chi connectivity index (χ0) is 101. The molecule has 34 heteroatoms. The minimum Gasteiger partial charge on any atom is -0.481 e. The number of nitrogens with zero attached hydrogens (tertiary/aromatic N) is 13. The highest BCUT2D eigenvalue weighted by Gasteiger charge is 2.37. The first-order valence-electron chi connectivity index (χ1n) is 51.3. The summed E-state index contributed by atoms with van der Waals surface area (Å²) in [6, 6.07) is 42.2. The third-order valence-corrected chi connectivity index (χ3v) is 28.9. The Bertz CT molecular complexity index is 5870. The minimum atomic E-state index is -3.85. The van der Waals surface area contributed by atoms with Crippen LogP contribution in [0, 0.1) is 43.4 Å². The topological polar surface area (TPSA) is 416 Å². The number of benzene rings is 5. The largest absolute Gasteiger partial charge is 0.481 e. The van der Waals surface area contributed by atoms with Crippen LogP contribution in [0.3, 0.4) is 0 Å². The van der Waals surface area contributed by atoms with Crippen molar-refractivity contribution in [2.75, 3.05) is 106 Å². The number of likely N-dealkylation sites (tertiary alicyclic amines) is 1. The summed E-state index contributed by atoms with van der Waals surface area (Å²) in [5, 5.41) is 36.6. The molecule has 0 spiro atoms. The van der Waals surface area contributed by atoms with Gasteiger partial charge in [0.05, 0.1) is 31.0 Å². The first-order chi connectivity index (χ1) is 68.9. The molecule has 5 aromatic carbocycles. The number of aliphatic hydroxyl groups excluding tert-OH is 1. The maximum atomic E-state index is 13.1. The molecule has 764 valence electrons. The lowest BCUT2D eigenvalue weighted by Crippen LogP contribution is -2.49. The number of hydrogen-bond acceptors (Lipinski definition) is 27. The molecular weight excluding hydrogens is 1830 g/mol. The number of aromatic nitrogens is 8. The first-order valence-corrected chi connectivity index (χ1v) is 52.8. The van der Waals surface area contributed by atoms with Crippen LogP contribution in [0.15, 0.2) is 164 Å². The molecule has 8 aliphatic rings. The summed E-state index contributed by atoms with van der Waals surface area (Å²) >= 11 is 0. The number of carboxylic acid groups (broad SMARTS) is 1. The smallest absolute Gasteiger partial charge is 0.325 e. The van der Waals surface area contributed by atoms with Crippen molar-refractivity contribution < 1.29 is 61.7 Å². The van der Waals surface area contributed by atoms with Crippen LogP contribution >= 0.6 is 0 Å². The molecule has 0 radical (unpaired) electrons. The average Bonchev–Trinajstić information content (AvgIpc) is 1.46. The van der Waals surface area contributed by atoms with Gasteiger partial charge in [-0.1, -0.05) is 113 Å². The molecule has 0 atom stereocenters. The highest BCUT2D eigenvalue weighted by Crippen LogP contribution is 2.40. The number of sulfonamides is 1. The van der Waals surface area contributed by atoms with Gasteiger partial charge in [0.15, 0.2) is 0 Å². The van der Waals surface area contributed by atoms with Gasteiger partial charge in [-0.15, -0.1) is 0 Å². The highest BCUT2D eigenvalue weighted by atomic mass is 32.2. The molecular formula is C109H144N20O13S. The third kappa shape index (κ3) is 32.8. The van der Waals surface area contributed by atoms with E-state index in [0.717, 1.165) is 139 Å². The number of esters is 2. The van der Waals surface area contributed by atoms with Gasteiger partial charge in [-0.25, -0.2) is 53.0 Å². The molecule has 33 nitrogen and oxygen atoms in total. The number of hydrogen-bond donors (Lipinski definition) is 9. The Morgan fingerprint density at radius 1 is 0.455 bits per heavy atom. The second-order valence-electron chi connectivity index (χ2n) is 41.1. The number of carbonyl (C=O) groups is 7. The lowest BCUT2D eigenvalue weighted by molar-refractivity contribution is -0.154. The van der Waals surface area contributed by atoms with Gasteiger partial charge in [-0.2, -0.15) is 0 Å². The highest BCUT2D eigenvalue weighted by molar-refractivity contribution is 7.89. The summed E-state index contributed by atoms with van der Waals surface area (Å²) in [7, 11) is -2.47. The van der Waals surface area contributed by atoms with Crippen LogP contribution < -0.4 is 56.2 Å². The number of methoxy groups -OCH3 is 1. The molecule has 1 saturated heterocycles. The number of aliphatic carboxylic acids is 1. The van der Waals surface area contributed by atoms with Crippen molar-refractivity contribution in [1.29, 1.82) is 0 Å². The number of carboxylic acids is 1. The maximum Gasteiger partial charge on any atom is 0.325 e. The van der Waals surface area contributed by atoms with Crippen LogP contribution in [0.5, 0.6) is 0 Å². The lowest BCUT2D eigenvalue weighted by atomic mass is 9.94. The molecule has 7 saturated carbocycles. The van der Waals surface area contributed by atoms with Gasteiger partial charge in [0.25, 0.3) is 23.6 Å². The number of aliphatic hydroxyl groups is 1. The van der Waals surface area contributed by atoms with E-state index in [1.165, 1.54) is 185 Å². The summed E-state index contributed by atoms with van der Waals surface area (Å²) in [6.45, 7) is 22.6. The van der Waals surface area contributed by atoms with Crippen molar-refractivity contribution in [2.45, 2.75) is 276 Å². The first kappa shape index (κ1) is 106. The van der Waals surface area contributed by atoms with Gasteiger partial charge in [0.1, 0.15) is 82.5 Å². The fourth-order valence-corrected chi connectivity index (χ4v) is 19.6. The van der Waals surface area contributed by atoms with E-state index in [1.54, 1.807) is 71.9 Å². The number of anilines is 9. The van der Waals surface area contributed by atoms with E-state index in [0.29, 0.717) is 84.2 Å². The Kier molecular flexibility index (Phi) is 37.6. The van der Waals surface area contributed by atoms with Crippen molar-refractivity contribution in [2.24, 2.45) is 29.6 Å². The molecule has 5 heterocycles. The molecule has 4 amide bonds. The number of carbonyl (C=O) groups excluding carboxylic acids is 6. The van der Waals surface area contributed by atoms with Gasteiger partial charge in [-0.05, 0) is 262 Å². The molecule has 0 bridgehead atoms. The zero-order valence-electron chi connectivity index (χ0n) is 84.4. The monoisotopic (exact) mass is 1970 g/mol. The molecule has 8 fully saturated rings. The molecule has 1 aliphatic heterocycles. The lowest BCUT2D eigenvalue weighted by Gasteiger charge is -2.36. The summed E-state index contributed by atoms with van der Waals surface area (Å²) in [6.07, 6.45) is 35.5. The van der Waals surface area contributed by atoms with Crippen LogP contribution in [0.1, 0.15) is 277 Å². The van der Waals surface area contributed by atoms with E-state index in [2.05, 4.69) is 132 Å². The van der Waals surface area contributed by atoms with E-state index in [-0.39, 0.29) is 65.7 Å². The molecule has 9 N–H and O–H groups in total. The summed E-state index contributed by atoms with van der Waals surface area (Å²) in [4.78, 5) is 133.